The number of hydrogen-bond acceptors (Lipinski definition) is 6. The molecule has 1 atom stereocenters. The number of carbonyl (C=O) groups is 2. The summed E-state index contributed by atoms with van der Waals surface area (Å²) in [7, 11) is 0. The van der Waals surface area contributed by atoms with Crippen molar-refractivity contribution in [2.75, 3.05) is 32.0 Å². The first kappa shape index (κ1) is 19.2. The SMILES string of the molecule is CCOC(=O)CCC1c2cc(N)ccc2CCN1CCC(=O)OCC. The van der Waals surface area contributed by atoms with Crippen LogP contribution in [0.3, 0.4) is 0 Å². The molecule has 6 nitrogen and oxygen atoms in total. The highest BCUT2D eigenvalue weighted by Crippen LogP contribution is 2.34. The number of benzene rings is 1. The van der Waals surface area contributed by atoms with Crippen molar-refractivity contribution in [3.05, 3.63) is 29.3 Å². The monoisotopic (exact) mass is 348 g/mol. The lowest BCUT2D eigenvalue weighted by molar-refractivity contribution is -0.145. The van der Waals surface area contributed by atoms with Crippen molar-refractivity contribution < 1.29 is 19.1 Å². The molecule has 2 rings (SSSR count). The van der Waals surface area contributed by atoms with Crippen molar-refractivity contribution in [2.24, 2.45) is 0 Å². The predicted molar refractivity (Wildman–Crippen MR) is 96.0 cm³/mol. The van der Waals surface area contributed by atoms with Crippen LogP contribution in [0, 0.1) is 0 Å². The van der Waals surface area contributed by atoms with Gasteiger partial charge in [-0.2, -0.15) is 0 Å². The highest BCUT2D eigenvalue weighted by Gasteiger charge is 2.28. The van der Waals surface area contributed by atoms with Crippen LogP contribution in [0.25, 0.3) is 0 Å². The zero-order chi connectivity index (χ0) is 18.2. The van der Waals surface area contributed by atoms with E-state index in [1.807, 2.05) is 12.1 Å². The van der Waals surface area contributed by atoms with Gasteiger partial charge < -0.3 is 15.2 Å². The molecule has 6 heteroatoms. The van der Waals surface area contributed by atoms with E-state index < -0.39 is 0 Å². The summed E-state index contributed by atoms with van der Waals surface area (Å²) in [6, 6.07) is 6.02. The van der Waals surface area contributed by atoms with Gasteiger partial charge in [0.2, 0.25) is 0 Å². The Morgan fingerprint density at radius 3 is 2.52 bits per heavy atom. The molecule has 1 unspecified atom stereocenters. The summed E-state index contributed by atoms with van der Waals surface area (Å²) in [5.41, 5.74) is 9.10. The number of rotatable bonds is 8. The van der Waals surface area contributed by atoms with Gasteiger partial charge in [0.15, 0.2) is 0 Å². The molecule has 0 aliphatic carbocycles. The quantitative estimate of drug-likeness (QED) is 0.574. The van der Waals surface area contributed by atoms with E-state index in [1.165, 1.54) is 5.56 Å². The molecule has 138 valence electrons. The first-order chi connectivity index (χ1) is 12.0. The molecule has 0 amide bonds. The zero-order valence-electron chi connectivity index (χ0n) is 15.1. The lowest BCUT2D eigenvalue weighted by Gasteiger charge is -2.37. The number of ether oxygens (including phenoxy) is 2. The molecule has 1 aliphatic rings. The standard InChI is InChI=1S/C19H28N2O4/c1-3-24-18(22)8-7-17-16-13-15(20)6-5-14(16)9-11-21(17)12-10-19(23)25-4-2/h5-6,13,17H,3-4,7-12,20H2,1-2H3. The predicted octanol–water partition coefficient (Wildman–Crippen LogP) is 2.46. The van der Waals surface area contributed by atoms with Gasteiger partial charge in [-0.15, -0.1) is 0 Å². The van der Waals surface area contributed by atoms with E-state index in [0.717, 1.165) is 18.5 Å². The maximum Gasteiger partial charge on any atom is 0.307 e. The lowest BCUT2D eigenvalue weighted by Crippen LogP contribution is -2.37. The molecule has 1 heterocycles. The molecule has 2 N–H and O–H groups in total. The number of nitrogen functional groups attached to an aromatic ring is 1. The van der Waals surface area contributed by atoms with Gasteiger partial charge in [0.05, 0.1) is 19.6 Å². The number of nitrogens with zero attached hydrogens (tertiary/aromatic N) is 1. The highest BCUT2D eigenvalue weighted by molar-refractivity contribution is 5.70. The van der Waals surface area contributed by atoms with Crippen LogP contribution in [0.5, 0.6) is 0 Å². The molecular formula is C19H28N2O4. The van der Waals surface area contributed by atoms with Crippen LogP contribution in [-0.4, -0.2) is 43.1 Å². The van der Waals surface area contributed by atoms with Gasteiger partial charge in [-0.05, 0) is 49.9 Å². The molecule has 1 aliphatic heterocycles. The Morgan fingerprint density at radius 2 is 1.84 bits per heavy atom. The number of carbonyl (C=O) groups excluding carboxylic acids is 2. The van der Waals surface area contributed by atoms with Crippen LogP contribution in [0.2, 0.25) is 0 Å². The van der Waals surface area contributed by atoms with Crippen molar-refractivity contribution in [1.29, 1.82) is 0 Å². The Bertz CT molecular complexity index is 603. The first-order valence-corrected chi connectivity index (χ1v) is 8.98. The van der Waals surface area contributed by atoms with Gasteiger partial charge in [-0.3, -0.25) is 14.5 Å². The second-order valence-electron chi connectivity index (χ2n) is 6.16. The Hall–Kier alpha value is -2.08. The van der Waals surface area contributed by atoms with E-state index in [1.54, 1.807) is 13.8 Å². The molecule has 0 spiro atoms. The minimum Gasteiger partial charge on any atom is -0.466 e. The van der Waals surface area contributed by atoms with Gasteiger partial charge >= 0.3 is 11.9 Å². The summed E-state index contributed by atoms with van der Waals surface area (Å²) in [5.74, 6) is -0.381. The van der Waals surface area contributed by atoms with E-state index in [9.17, 15) is 9.59 Å². The average Bonchev–Trinajstić information content (AvgIpc) is 2.58. The fraction of sp³-hybridized carbons (Fsp3) is 0.579. The molecule has 0 aromatic heterocycles. The first-order valence-electron chi connectivity index (χ1n) is 8.98. The molecule has 0 fully saturated rings. The van der Waals surface area contributed by atoms with Gasteiger partial charge in [0.25, 0.3) is 0 Å². The van der Waals surface area contributed by atoms with Crippen LogP contribution in [0.15, 0.2) is 18.2 Å². The summed E-state index contributed by atoms with van der Waals surface area (Å²) < 4.78 is 10.1. The molecule has 0 bridgehead atoms. The Kier molecular flexibility index (Phi) is 7.25. The minimum atomic E-state index is -0.191. The number of anilines is 1. The van der Waals surface area contributed by atoms with E-state index in [4.69, 9.17) is 15.2 Å². The van der Waals surface area contributed by atoms with E-state index in [2.05, 4.69) is 11.0 Å². The third kappa shape index (κ3) is 5.46. The van der Waals surface area contributed by atoms with Gasteiger partial charge in [0, 0.05) is 31.2 Å². The van der Waals surface area contributed by atoms with Crippen molar-refractivity contribution >= 4 is 17.6 Å². The third-order valence-electron chi connectivity index (χ3n) is 4.47. The minimum absolute atomic E-state index is 0.0612. The van der Waals surface area contributed by atoms with E-state index >= 15 is 0 Å². The molecule has 0 saturated heterocycles. The van der Waals surface area contributed by atoms with E-state index in [-0.39, 0.29) is 18.0 Å². The summed E-state index contributed by atoms with van der Waals surface area (Å²) in [6.45, 7) is 5.86. The maximum atomic E-state index is 11.8. The molecule has 1 aromatic rings. The molecular weight excluding hydrogens is 320 g/mol. The second-order valence-corrected chi connectivity index (χ2v) is 6.16. The smallest absolute Gasteiger partial charge is 0.307 e. The van der Waals surface area contributed by atoms with Crippen LogP contribution in [0.1, 0.15) is 50.3 Å². The lowest BCUT2D eigenvalue weighted by atomic mass is 9.89. The summed E-state index contributed by atoms with van der Waals surface area (Å²) in [6.07, 6.45) is 2.26. The van der Waals surface area contributed by atoms with Crippen LogP contribution in [-0.2, 0) is 25.5 Å². The van der Waals surface area contributed by atoms with Gasteiger partial charge in [0.1, 0.15) is 0 Å². The number of hydrogen-bond donors (Lipinski definition) is 1. The van der Waals surface area contributed by atoms with Crippen LogP contribution < -0.4 is 5.73 Å². The van der Waals surface area contributed by atoms with Crippen molar-refractivity contribution in [2.45, 2.75) is 45.6 Å². The Labute approximate surface area is 149 Å². The normalized spacial score (nSPS) is 17.0. The molecule has 0 saturated carbocycles. The largest absolute Gasteiger partial charge is 0.466 e. The topological polar surface area (TPSA) is 81.9 Å². The summed E-state index contributed by atoms with van der Waals surface area (Å²) >= 11 is 0. The Morgan fingerprint density at radius 1 is 1.16 bits per heavy atom. The van der Waals surface area contributed by atoms with Gasteiger partial charge in [-0.25, -0.2) is 0 Å². The number of esters is 2. The fourth-order valence-corrected chi connectivity index (χ4v) is 3.33. The molecule has 25 heavy (non-hydrogen) atoms. The number of nitrogens with two attached hydrogens (primary N) is 1. The summed E-state index contributed by atoms with van der Waals surface area (Å²) in [4.78, 5) is 25.7. The molecule has 1 aromatic carbocycles. The maximum absolute atomic E-state index is 11.8. The number of fused-ring (bicyclic) bond motifs is 1. The van der Waals surface area contributed by atoms with Crippen molar-refractivity contribution in [3.63, 3.8) is 0 Å². The third-order valence-corrected chi connectivity index (χ3v) is 4.47. The van der Waals surface area contributed by atoms with Crippen molar-refractivity contribution in [3.8, 4) is 0 Å². The van der Waals surface area contributed by atoms with E-state index in [0.29, 0.717) is 44.7 Å². The van der Waals surface area contributed by atoms with Crippen LogP contribution >= 0.6 is 0 Å². The molecule has 0 radical (unpaired) electrons. The zero-order valence-corrected chi connectivity index (χ0v) is 15.1. The van der Waals surface area contributed by atoms with Crippen LogP contribution in [0.4, 0.5) is 5.69 Å². The second kappa shape index (κ2) is 9.42. The fourth-order valence-electron chi connectivity index (χ4n) is 3.33. The Balaban J connectivity index is 2.11. The summed E-state index contributed by atoms with van der Waals surface area (Å²) in [5, 5.41) is 0. The average molecular weight is 348 g/mol. The van der Waals surface area contributed by atoms with Crippen molar-refractivity contribution in [1.82, 2.24) is 4.90 Å². The highest BCUT2D eigenvalue weighted by atomic mass is 16.5. The van der Waals surface area contributed by atoms with Gasteiger partial charge in [-0.1, -0.05) is 6.07 Å².